The molecule has 2 aliphatic carbocycles. The van der Waals surface area contributed by atoms with E-state index in [0.717, 1.165) is 42.4 Å². The van der Waals surface area contributed by atoms with Gasteiger partial charge in [0.1, 0.15) is 12.1 Å². The van der Waals surface area contributed by atoms with Crippen molar-refractivity contribution in [2.75, 3.05) is 6.56 Å². The number of hydrogen-bond acceptors (Lipinski definition) is 4. The highest BCUT2D eigenvalue weighted by Crippen LogP contribution is 2.62. The first-order chi connectivity index (χ1) is 21.2. The summed E-state index contributed by atoms with van der Waals surface area (Å²) in [6.45, 7) is 11.3. The molecule has 1 aliphatic heterocycles. The van der Waals surface area contributed by atoms with Gasteiger partial charge >= 0.3 is 0 Å². The molecule has 3 aromatic carbocycles. The number of nitrogens with zero attached hydrogens (tertiary/aromatic N) is 1. The van der Waals surface area contributed by atoms with Gasteiger partial charge in [0, 0.05) is 23.0 Å². The average Bonchev–Trinajstić information content (AvgIpc) is 3.40. The first-order valence-electron chi connectivity index (χ1n) is 16.7. The molecule has 6 rings (SSSR count). The SMILES string of the molecule is [2H]C1([2H])OC(N)=NC12c1cc(C#CC(C)C)ccc1C[C@@]21CC[C@H](O[Si](c2ccccc2)(c2ccccc2)C(C)(C)C)[C@@H](C)C1. The lowest BCUT2D eigenvalue weighted by atomic mass is 9.59. The number of amidine groups is 1. The van der Waals surface area contributed by atoms with E-state index >= 15 is 0 Å². The van der Waals surface area contributed by atoms with Crippen LogP contribution in [-0.2, 0) is 21.1 Å². The molecule has 0 radical (unpaired) electrons. The van der Waals surface area contributed by atoms with Crippen molar-refractivity contribution in [3.63, 3.8) is 0 Å². The molecule has 1 heterocycles. The van der Waals surface area contributed by atoms with E-state index in [1.165, 1.54) is 10.4 Å². The fraction of sp³-hybridized carbons (Fsp3) is 0.447. The fourth-order valence-corrected chi connectivity index (χ4v) is 12.8. The van der Waals surface area contributed by atoms with Crippen LogP contribution in [0.2, 0.25) is 5.04 Å². The van der Waals surface area contributed by atoms with Crippen LogP contribution in [0.1, 0.15) is 80.2 Å². The predicted molar refractivity (Wildman–Crippen MR) is 179 cm³/mol. The molecule has 43 heavy (non-hydrogen) atoms. The Bertz CT molecular complexity index is 1620. The van der Waals surface area contributed by atoms with E-state index in [0.29, 0.717) is 0 Å². The zero-order valence-electron chi connectivity index (χ0n) is 28.4. The fourth-order valence-electron chi connectivity index (χ4n) is 7.97. The van der Waals surface area contributed by atoms with Gasteiger partial charge in [0.15, 0.2) is 0 Å². The topological polar surface area (TPSA) is 56.8 Å². The Balaban J connectivity index is 1.41. The lowest BCUT2D eigenvalue weighted by Crippen LogP contribution is -2.68. The van der Waals surface area contributed by atoms with Crippen molar-refractivity contribution in [3.8, 4) is 11.8 Å². The molecule has 0 bridgehead atoms. The van der Waals surface area contributed by atoms with Gasteiger partial charge in [0.05, 0.1) is 2.74 Å². The standard InChI is InChI=1S/C38H46N2O2Si/c1-27(2)17-18-29-19-20-30-25-37(38(33(30)23-29)26-41-35(39)40-38)22-21-34(28(3)24-37)42-43(36(4,5)6,31-13-9-7-10-14-31)32-15-11-8-12-16-32/h7-16,19-20,23,27-28,34H,21-22,24-26H2,1-6H3,(H2,39,40)/t28-,34-,37-,38?/m0/s1/i26D2. The van der Waals surface area contributed by atoms with Crippen LogP contribution in [0.4, 0.5) is 0 Å². The second kappa shape index (κ2) is 11.0. The van der Waals surface area contributed by atoms with Gasteiger partial charge in [-0.1, -0.05) is 120 Å². The Morgan fingerprint density at radius 2 is 1.70 bits per heavy atom. The molecule has 3 aliphatic rings. The Morgan fingerprint density at radius 1 is 1.05 bits per heavy atom. The summed E-state index contributed by atoms with van der Waals surface area (Å²) in [6, 6.07) is 27.7. The van der Waals surface area contributed by atoms with E-state index in [1.807, 2.05) is 6.07 Å². The van der Waals surface area contributed by atoms with E-state index in [-0.39, 0.29) is 29.0 Å². The molecular weight excluding hydrogens is 545 g/mol. The zero-order valence-corrected chi connectivity index (χ0v) is 27.4. The molecule has 2 spiro atoms. The third-order valence-electron chi connectivity index (χ3n) is 9.88. The maximum Gasteiger partial charge on any atom is 0.283 e. The summed E-state index contributed by atoms with van der Waals surface area (Å²) in [5.74, 6) is 6.94. The molecule has 1 saturated carbocycles. The van der Waals surface area contributed by atoms with E-state index in [1.54, 1.807) is 0 Å². The maximum absolute atomic E-state index is 9.25. The van der Waals surface area contributed by atoms with Gasteiger partial charge in [-0.25, -0.2) is 4.99 Å². The number of nitrogens with two attached hydrogens (primary N) is 1. The molecule has 2 N–H and O–H groups in total. The predicted octanol–water partition coefficient (Wildman–Crippen LogP) is 6.54. The summed E-state index contributed by atoms with van der Waals surface area (Å²) in [5.41, 5.74) is 7.30. The zero-order chi connectivity index (χ0) is 32.3. The molecule has 1 unspecified atom stereocenters. The first kappa shape index (κ1) is 27.2. The second-order valence-electron chi connectivity index (χ2n) is 14.2. The van der Waals surface area contributed by atoms with E-state index in [4.69, 9.17) is 19.9 Å². The Labute approximate surface area is 262 Å². The maximum atomic E-state index is 9.25. The highest BCUT2D eigenvalue weighted by atomic mass is 28.4. The van der Waals surface area contributed by atoms with Gasteiger partial charge in [0.25, 0.3) is 14.3 Å². The molecular formula is C38H46N2O2Si. The van der Waals surface area contributed by atoms with Crippen molar-refractivity contribution >= 4 is 24.7 Å². The van der Waals surface area contributed by atoms with Gasteiger partial charge in [-0.3, -0.25) is 0 Å². The number of aliphatic imine (C=N–C) groups is 1. The molecule has 0 aromatic heterocycles. The minimum atomic E-state index is -2.76. The third kappa shape index (κ3) is 4.93. The summed E-state index contributed by atoms with van der Waals surface area (Å²) >= 11 is 0. The van der Waals surface area contributed by atoms with Crippen LogP contribution in [0.5, 0.6) is 0 Å². The van der Waals surface area contributed by atoms with Gasteiger partial charge in [-0.2, -0.15) is 0 Å². The highest BCUT2D eigenvalue weighted by molar-refractivity contribution is 6.99. The first-order valence-corrected chi connectivity index (χ1v) is 17.6. The van der Waals surface area contributed by atoms with Crippen molar-refractivity contribution in [2.45, 2.75) is 83.9 Å². The Hall–Kier alpha value is -3.33. The van der Waals surface area contributed by atoms with Crippen LogP contribution in [0.3, 0.4) is 0 Å². The molecule has 224 valence electrons. The molecule has 4 nitrogen and oxygen atoms in total. The van der Waals surface area contributed by atoms with Crippen LogP contribution in [-0.4, -0.2) is 27.0 Å². The minimum absolute atomic E-state index is 0.00433. The minimum Gasteiger partial charge on any atom is -0.462 e. The van der Waals surface area contributed by atoms with Crippen LogP contribution in [0.25, 0.3) is 0 Å². The van der Waals surface area contributed by atoms with Crippen molar-refractivity contribution in [1.82, 2.24) is 0 Å². The molecule has 3 aromatic rings. The lowest BCUT2D eigenvalue weighted by Gasteiger charge is -2.52. The van der Waals surface area contributed by atoms with Crippen LogP contribution in [0.15, 0.2) is 83.9 Å². The normalized spacial score (nSPS) is 28.5. The number of rotatable bonds is 4. The molecule has 0 amide bonds. The average molecular weight is 593 g/mol. The van der Waals surface area contributed by atoms with Crippen molar-refractivity contribution in [2.24, 2.45) is 28.0 Å². The monoisotopic (exact) mass is 592 g/mol. The van der Waals surface area contributed by atoms with E-state index in [2.05, 4.69) is 126 Å². The van der Waals surface area contributed by atoms with Gasteiger partial charge in [-0.05, 0) is 70.3 Å². The van der Waals surface area contributed by atoms with E-state index < -0.39 is 25.8 Å². The number of fused-ring (bicyclic) bond motifs is 3. The molecule has 0 saturated heterocycles. The lowest BCUT2D eigenvalue weighted by molar-refractivity contribution is -0.0187. The molecule has 4 atom stereocenters. The Morgan fingerprint density at radius 3 is 2.23 bits per heavy atom. The quantitative estimate of drug-likeness (QED) is 0.276. The Kier molecular flexibility index (Phi) is 6.96. The summed E-state index contributed by atoms with van der Waals surface area (Å²) in [4.78, 5) is 4.91. The summed E-state index contributed by atoms with van der Waals surface area (Å²) in [7, 11) is -2.76. The van der Waals surface area contributed by atoms with Crippen LogP contribution < -0.4 is 16.1 Å². The van der Waals surface area contributed by atoms with Crippen molar-refractivity contribution < 1.29 is 11.9 Å². The number of ether oxygens (including phenoxy) is 1. The molecule has 1 fully saturated rings. The van der Waals surface area contributed by atoms with Crippen LogP contribution >= 0.6 is 0 Å². The highest BCUT2D eigenvalue weighted by Gasteiger charge is 2.63. The van der Waals surface area contributed by atoms with Crippen molar-refractivity contribution in [3.05, 3.63) is 95.6 Å². The van der Waals surface area contributed by atoms with Gasteiger partial charge in [0.2, 0.25) is 0 Å². The van der Waals surface area contributed by atoms with Gasteiger partial charge in [-0.15, -0.1) is 0 Å². The van der Waals surface area contributed by atoms with Crippen LogP contribution in [0, 0.1) is 29.1 Å². The smallest absolute Gasteiger partial charge is 0.283 e. The summed E-state index contributed by atoms with van der Waals surface area (Å²) in [6.07, 6.45) is 3.02. The van der Waals surface area contributed by atoms with Gasteiger partial charge < -0.3 is 14.9 Å². The number of benzene rings is 3. The summed E-state index contributed by atoms with van der Waals surface area (Å²) in [5, 5.41) is 2.42. The van der Waals surface area contributed by atoms with E-state index in [9.17, 15) is 2.74 Å². The third-order valence-corrected chi connectivity index (χ3v) is 14.9. The molecule has 5 heteroatoms. The van der Waals surface area contributed by atoms with Crippen molar-refractivity contribution in [1.29, 1.82) is 0 Å². The number of hydrogen-bond donors (Lipinski definition) is 1. The second-order valence-corrected chi connectivity index (χ2v) is 18.4. The largest absolute Gasteiger partial charge is 0.462 e. The summed E-state index contributed by atoms with van der Waals surface area (Å²) < 4.78 is 31.9.